The van der Waals surface area contributed by atoms with Crippen molar-refractivity contribution in [2.24, 2.45) is 0 Å². The van der Waals surface area contributed by atoms with Crippen molar-refractivity contribution in [2.75, 3.05) is 18.9 Å². The molecule has 1 aromatic heterocycles. The van der Waals surface area contributed by atoms with Gasteiger partial charge < -0.3 is 9.47 Å². The third-order valence-corrected chi connectivity index (χ3v) is 7.42. The Kier molecular flexibility index (Phi) is 5.79. The van der Waals surface area contributed by atoms with E-state index >= 15 is 0 Å². The van der Waals surface area contributed by atoms with Gasteiger partial charge in [0.05, 0.1) is 29.5 Å². The standard InChI is InChI=1S/C22H19ClN2O4S2/c1-13-4-9-17-20(10-13)30-22(24-17)14-5-7-15(8-6-14)25-31(26,27)21-12-18(28-2)16(23)11-19(21)29-3/h4-12,25H,1-3H3. The quantitative estimate of drug-likeness (QED) is 0.385. The number of sulfonamides is 1. The molecule has 9 heteroatoms. The first-order valence-electron chi connectivity index (χ1n) is 9.22. The molecule has 0 spiro atoms. The molecule has 4 rings (SSSR count). The van der Waals surface area contributed by atoms with Gasteiger partial charge >= 0.3 is 0 Å². The molecule has 0 saturated heterocycles. The number of nitrogens with zero attached hydrogens (tertiary/aromatic N) is 1. The summed E-state index contributed by atoms with van der Waals surface area (Å²) in [7, 11) is -1.14. The van der Waals surface area contributed by atoms with Gasteiger partial charge in [-0.3, -0.25) is 4.72 Å². The Morgan fingerprint density at radius 1 is 0.968 bits per heavy atom. The monoisotopic (exact) mass is 474 g/mol. The maximum Gasteiger partial charge on any atom is 0.265 e. The molecule has 6 nitrogen and oxygen atoms in total. The summed E-state index contributed by atoms with van der Waals surface area (Å²) in [5, 5.41) is 1.13. The van der Waals surface area contributed by atoms with Gasteiger partial charge in [0.15, 0.2) is 0 Å². The lowest BCUT2D eigenvalue weighted by molar-refractivity contribution is 0.392. The molecule has 0 aliphatic carbocycles. The zero-order chi connectivity index (χ0) is 22.2. The van der Waals surface area contributed by atoms with Crippen molar-refractivity contribution < 1.29 is 17.9 Å². The van der Waals surface area contributed by atoms with Crippen molar-refractivity contribution in [1.29, 1.82) is 0 Å². The number of aryl methyl sites for hydroxylation is 1. The largest absolute Gasteiger partial charge is 0.495 e. The maximum atomic E-state index is 13.0. The Hall–Kier alpha value is -2.81. The number of hydrogen-bond acceptors (Lipinski definition) is 6. The molecule has 0 amide bonds. The molecule has 31 heavy (non-hydrogen) atoms. The van der Waals surface area contributed by atoms with Gasteiger partial charge in [-0.15, -0.1) is 11.3 Å². The minimum atomic E-state index is -3.93. The van der Waals surface area contributed by atoms with Gasteiger partial charge in [-0.2, -0.15) is 0 Å². The first-order chi connectivity index (χ1) is 14.8. The van der Waals surface area contributed by atoms with Gasteiger partial charge in [0.1, 0.15) is 21.4 Å². The summed E-state index contributed by atoms with van der Waals surface area (Å²) < 4.78 is 40.0. The van der Waals surface area contributed by atoms with E-state index in [1.165, 1.54) is 31.9 Å². The summed E-state index contributed by atoms with van der Waals surface area (Å²) >= 11 is 7.68. The number of rotatable bonds is 6. The molecule has 0 atom stereocenters. The second kappa shape index (κ2) is 8.37. The van der Waals surface area contributed by atoms with Crippen molar-refractivity contribution in [2.45, 2.75) is 11.8 Å². The Morgan fingerprint density at radius 3 is 2.35 bits per heavy atom. The smallest absolute Gasteiger partial charge is 0.265 e. The number of hydrogen-bond donors (Lipinski definition) is 1. The number of thiazole rings is 1. The Labute approximate surface area is 189 Å². The lowest BCUT2D eigenvalue weighted by Crippen LogP contribution is -2.14. The predicted octanol–water partition coefficient (Wildman–Crippen LogP) is 5.74. The summed E-state index contributed by atoms with van der Waals surface area (Å²) in [5.74, 6) is 0.365. The molecule has 4 aromatic rings. The van der Waals surface area contributed by atoms with Crippen LogP contribution in [-0.2, 0) is 10.0 Å². The summed E-state index contributed by atoms with van der Waals surface area (Å²) in [6.45, 7) is 2.05. The topological polar surface area (TPSA) is 77.5 Å². The molecule has 160 valence electrons. The van der Waals surface area contributed by atoms with Crippen LogP contribution in [0.3, 0.4) is 0 Å². The second-order valence-electron chi connectivity index (χ2n) is 6.81. The highest BCUT2D eigenvalue weighted by molar-refractivity contribution is 7.92. The zero-order valence-corrected chi connectivity index (χ0v) is 19.4. The van der Waals surface area contributed by atoms with Crippen LogP contribution in [0.15, 0.2) is 59.5 Å². The summed E-state index contributed by atoms with van der Waals surface area (Å²) in [5.41, 5.74) is 3.45. The van der Waals surface area contributed by atoms with Crippen LogP contribution in [0.1, 0.15) is 5.56 Å². The second-order valence-corrected chi connectivity index (χ2v) is 9.90. The zero-order valence-electron chi connectivity index (χ0n) is 17.0. The number of benzene rings is 3. The van der Waals surface area contributed by atoms with Crippen molar-refractivity contribution >= 4 is 48.9 Å². The van der Waals surface area contributed by atoms with Crippen LogP contribution >= 0.6 is 22.9 Å². The van der Waals surface area contributed by atoms with E-state index in [4.69, 9.17) is 21.1 Å². The van der Waals surface area contributed by atoms with E-state index in [-0.39, 0.29) is 21.4 Å². The molecular formula is C22H19ClN2O4S2. The van der Waals surface area contributed by atoms with E-state index in [0.29, 0.717) is 5.69 Å². The molecule has 3 aromatic carbocycles. The van der Waals surface area contributed by atoms with Crippen molar-refractivity contribution in [1.82, 2.24) is 4.98 Å². The van der Waals surface area contributed by atoms with Crippen LogP contribution in [0, 0.1) is 6.92 Å². The van der Waals surface area contributed by atoms with E-state index < -0.39 is 10.0 Å². The molecule has 0 aliphatic rings. The average molecular weight is 475 g/mol. The number of ether oxygens (including phenoxy) is 2. The number of anilines is 1. The molecule has 0 aliphatic heterocycles. The third kappa shape index (κ3) is 4.32. The number of aromatic nitrogens is 1. The lowest BCUT2D eigenvalue weighted by atomic mass is 10.2. The molecule has 0 radical (unpaired) electrons. The maximum absolute atomic E-state index is 13.0. The number of halogens is 1. The molecule has 0 unspecified atom stereocenters. The van der Waals surface area contributed by atoms with Crippen molar-refractivity contribution in [3.63, 3.8) is 0 Å². The molecule has 1 N–H and O–H groups in total. The summed E-state index contributed by atoms with van der Waals surface area (Å²) in [6, 6.07) is 15.9. The van der Waals surface area contributed by atoms with Crippen LogP contribution in [0.5, 0.6) is 11.5 Å². The number of fused-ring (bicyclic) bond motifs is 1. The number of nitrogens with one attached hydrogen (secondary N) is 1. The van der Waals surface area contributed by atoms with E-state index in [2.05, 4.69) is 15.8 Å². The molecule has 1 heterocycles. The van der Waals surface area contributed by atoms with Crippen molar-refractivity contribution in [3.05, 3.63) is 65.2 Å². The Bertz CT molecular complexity index is 1370. The predicted molar refractivity (Wildman–Crippen MR) is 125 cm³/mol. The highest BCUT2D eigenvalue weighted by atomic mass is 35.5. The first-order valence-corrected chi connectivity index (χ1v) is 11.9. The van der Waals surface area contributed by atoms with Crippen LogP contribution in [0.2, 0.25) is 5.02 Å². The van der Waals surface area contributed by atoms with Gasteiger partial charge in [-0.1, -0.05) is 17.7 Å². The number of methoxy groups -OCH3 is 2. The fraction of sp³-hybridized carbons (Fsp3) is 0.136. The van der Waals surface area contributed by atoms with E-state index in [1.807, 2.05) is 31.2 Å². The fourth-order valence-corrected chi connectivity index (χ4v) is 5.61. The Balaban J connectivity index is 1.62. The fourth-order valence-electron chi connectivity index (χ4n) is 3.09. The van der Waals surface area contributed by atoms with E-state index in [0.717, 1.165) is 20.8 Å². The normalized spacial score (nSPS) is 11.5. The molecular weight excluding hydrogens is 456 g/mol. The average Bonchev–Trinajstić information content (AvgIpc) is 3.16. The minimum Gasteiger partial charge on any atom is -0.495 e. The van der Waals surface area contributed by atoms with E-state index in [1.54, 1.807) is 23.5 Å². The van der Waals surface area contributed by atoms with Crippen LogP contribution < -0.4 is 14.2 Å². The van der Waals surface area contributed by atoms with Crippen LogP contribution in [0.25, 0.3) is 20.8 Å². The Morgan fingerprint density at radius 2 is 1.68 bits per heavy atom. The highest BCUT2D eigenvalue weighted by Crippen LogP contribution is 2.36. The van der Waals surface area contributed by atoms with E-state index in [9.17, 15) is 8.42 Å². The van der Waals surface area contributed by atoms with Gasteiger partial charge in [0.25, 0.3) is 10.0 Å². The minimum absolute atomic E-state index is 0.0677. The molecule has 0 fully saturated rings. The van der Waals surface area contributed by atoms with Crippen LogP contribution in [-0.4, -0.2) is 27.6 Å². The van der Waals surface area contributed by atoms with Gasteiger partial charge in [0, 0.05) is 23.4 Å². The van der Waals surface area contributed by atoms with Gasteiger partial charge in [-0.25, -0.2) is 13.4 Å². The highest BCUT2D eigenvalue weighted by Gasteiger charge is 2.22. The first kappa shape index (κ1) is 21.4. The van der Waals surface area contributed by atoms with Gasteiger partial charge in [0.2, 0.25) is 0 Å². The summed E-state index contributed by atoms with van der Waals surface area (Å²) in [6.07, 6.45) is 0. The summed E-state index contributed by atoms with van der Waals surface area (Å²) in [4.78, 5) is 4.60. The lowest BCUT2D eigenvalue weighted by Gasteiger charge is -2.14. The van der Waals surface area contributed by atoms with Crippen molar-refractivity contribution in [3.8, 4) is 22.1 Å². The molecule has 0 saturated carbocycles. The molecule has 0 bridgehead atoms. The third-order valence-electron chi connectivity index (χ3n) is 4.66. The SMILES string of the molecule is COc1cc(S(=O)(=O)Nc2ccc(-c3nc4ccc(C)cc4s3)cc2)c(OC)cc1Cl. The van der Waals surface area contributed by atoms with Gasteiger partial charge in [-0.05, 0) is 48.9 Å². The van der Waals surface area contributed by atoms with Crippen LogP contribution in [0.4, 0.5) is 5.69 Å².